The maximum Gasteiger partial charge on any atom is 0.276 e. The lowest BCUT2D eigenvalue weighted by Gasteiger charge is -2.16. The highest BCUT2D eigenvalue weighted by molar-refractivity contribution is 6.29. The minimum Gasteiger partial charge on any atom is -0.357 e. The van der Waals surface area contributed by atoms with Gasteiger partial charge in [-0.3, -0.25) is 4.79 Å². The first kappa shape index (κ1) is 13.8. The van der Waals surface area contributed by atoms with E-state index < -0.39 is 0 Å². The number of rotatable bonds is 3. The predicted octanol–water partition coefficient (Wildman–Crippen LogP) is 2.38. The van der Waals surface area contributed by atoms with Gasteiger partial charge in [0.05, 0.1) is 11.9 Å². The lowest BCUT2D eigenvalue weighted by Crippen LogP contribution is -2.19. The Morgan fingerprint density at radius 1 is 1.14 bits per heavy atom. The van der Waals surface area contributed by atoms with Crippen molar-refractivity contribution < 1.29 is 4.79 Å². The highest BCUT2D eigenvalue weighted by Crippen LogP contribution is 2.19. The molecule has 0 atom stereocenters. The molecule has 0 saturated carbocycles. The Bertz CT molecular complexity index is 623. The quantitative estimate of drug-likeness (QED) is 0.942. The van der Waals surface area contributed by atoms with Gasteiger partial charge in [0.2, 0.25) is 0 Å². The molecule has 0 aliphatic carbocycles. The molecule has 2 aromatic rings. The van der Waals surface area contributed by atoms with Crippen LogP contribution in [0.4, 0.5) is 11.5 Å². The standard InChI is InChI=1S/C14H14ClN5O/c15-12-5-4-11(18-19-12)14(21)17-10-3-6-13(16-9-10)20-7-1-2-8-20/h3-6,9H,1-2,7-8H2,(H,17,21). The molecule has 0 radical (unpaired) electrons. The normalized spacial score (nSPS) is 14.2. The minimum atomic E-state index is -0.338. The minimum absolute atomic E-state index is 0.211. The maximum atomic E-state index is 12.0. The third-order valence-electron chi connectivity index (χ3n) is 3.30. The molecule has 1 saturated heterocycles. The van der Waals surface area contributed by atoms with Gasteiger partial charge in [-0.15, -0.1) is 10.2 Å². The van der Waals surface area contributed by atoms with E-state index in [1.54, 1.807) is 6.20 Å². The Morgan fingerprint density at radius 3 is 2.57 bits per heavy atom. The molecule has 0 unspecified atom stereocenters. The highest BCUT2D eigenvalue weighted by atomic mass is 35.5. The SMILES string of the molecule is O=C(Nc1ccc(N2CCCC2)nc1)c1ccc(Cl)nn1. The second-order valence-corrected chi connectivity index (χ2v) is 5.18. The summed E-state index contributed by atoms with van der Waals surface area (Å²) in [6, 6.07) is 6.80. The van der Waals surface area contributed by atoms with Crippen molar-refractivity contribution in [2.75, 3.05) is 23.3 Å². The van der Waals surface area contributed by atoms with Crippen molar-refractivity contribution in [1.29, 1.82) is 0 Å². The van der Waals surface area contributed by atoms with E-state index in [1.165, 1.54) is 25.0 Å². The zero-order chi connectivity index (χ0) is 14.7. The first-order chi connectivity index (χ1) is 10.2. The van der Waals surface area contributed by atoms with Gasteiger partial charge in [-0.25, -0.2) is 4.98 Å². The van der Waals surface area contributed by atoms with Gasteiger partial charge in [-0.2, -0.15) is 0 Å². The van der Waals surface area contributed by atoms with E-state index in [-0.39, 0.29) is 16.8 Å². The maximum absolute atomic E-state index is 12.0. The van der Waals surface area contributed by atoms with Crippen molar-refractivity contribution in [1.82, 2.24) is 15.2 Å². The van der Waals surface area contributed by atoms with Crippen molar-refractivity contribution in [2.45, 2.75) is 12.8 Å². The summed E-state index contributed by atoms with van der Waals surface area (Å²) in [5.74, 6) is 0.603. The average molecular weight is 304 g/mol. The van der Waals surface area contributed by atoms with Crippen LogP contribution in [0.15, 0.2) is 30.5 Å². The van der Waals surface area contributed by atoms with Crippen molar-refractivity contribution >= 4 is 29.0 Å². The van der Waals surface area contributed by atoms with Gasteiger partial charge >= 0.3 is 0 Å². The van der Waals surface area contributed by atoms with Gasteiger partial charge in [0.15, 0.2) is 10.8 Å². The summed E-state index contributed by atoms with van der Waals surface area (Å²) in [6.07, 6.45) is 4.06. The Hall–Kier alpha value is -2.21. The molecule has 0 bridgehead atoms. The van der Waals surface area contributed by atoms with Crippen LogP contribution in [-0.4, -0.2) is 34.2 Å². The van der Waals surface area contributed by atoms with E-state index in [0.29, 0.717) is 5.69 Å². The van der Waals surface area contributed by atoms with E-state index in [1.807, 2.05) is 12.1 Å². The van der Waals surface area contributed by atoms with E-state index in [0.717, 1.165) is 18.9 Å². The molecule has 108 valence electrons. The fraction of sp³-hybridized carbons (Fsp3) is 0.286. The monoisotopic (exact) mass is 303 g/mol. The van der Waals surface area contributed by atoms with Crippen LogP contribution in [0.3, 0.4) is 0 Å². The number of halogens is 1. The van der Waals surface area contributed by atoms with Crippen LogP contribution in [0.1, 0.15) is 23.3 Å². The molecule has 1 aliphatic rings. The molecule has 7 heteroatoms. The van der Waals surface area contributed by atoms with Crippen molar-refractivity contribution in [2.24, 2.45) is 0 Å². The second kappa shape index (κ2) is 6.05. The molecule has 1 N–H and O–H groups in total. The molecule has 6 nitrogen and oxygen atoms in total. The highest BCUT2D eigenvalue weighted by Gasteiger charge is 2.14. The van der Waals surface area contributed by atoms with Crippen LogP contribution in [0, 0.1) is 0 Å². The van der Waals surface area contributed by atoms with Crippen molar-refractivity contribution in [3.05, 3.63) is 41.3 Å². The van der Waals surface area contributed by atoms with Crippen LogP contribution in [-0.2, 0) is 0 Å². The first-order valence-corrected chi connectivity index (χ1v) is 7.12. The van der Waals surface area contributed by atoms with E-state index in [9.17, 15) is 4.79 Å². The number of carbonyl (C=O) groups is 1. The number of amides is 1. The number of nitrogens with one attached hydrogen (secondary N) is 1. The predicted molar refractivity (Wildman–Crippen MR) is 80.7 cm³/mol. The molecule has 3 heterocycles. The second-order valence-electron chi connectivity index (χ2n) is 4.79. The van der Waals surface area contributed by atoms with Gasteiger partial charge in [0.1, 0.15) is 5.82 Å². The average Bonchev–Trinajstić information content (AvgIpc) is 3.03. The van der Waals surface area contributed by atoms with E-state index in [4.69, 9.17) is 11.6 Å². The fourth-order valence-electron chi connectivity index (χ4n) is 2.23. The summed E-state index contributed by atoms with van der Waals surface area (Å²) in [5, 5.41) is 10.4. The molecule has 0 spiro atoms. The van der Waals surface area contributed by atoms with Crippen LogP contribution < -0.4 is 10.2 Å². The molecule has 3 rings (SSSR count). The largest absolute Gasteiger partial charge is 0.357 e. The van der Waals surface area contributed by atoms with Crippen LogP contribution in [0.25, 0.3) is 0 Å². The van der Waals surface area contributed by atoms with Gasteiger partial charge in [0.25, 0.3) is 5.91 Å². The molecular weight excluding hydrogens is 290 g/mol. The summed E-state index contributed by atoms with van der Waals surface area (Å²) >= 11 is 5.64. The number of nitrogens with zero attached hydrogens (tertiary/aromatic N) is 4. The number of hydrogen-bond acceptors (Lipinski definition) is 5. The summed E-state index contributed by atoms with van der Waals surface area (Å²) < 4.78 is 0. The molecule has 0 aromatic carbocycles. The molecular formula is C14H14ClN5O. The van der Waals surface area contributed by atoms with Crippen molar-refractivity contribution in [3.8, 4) is 0 Å². The van der Waals surface area contributed by atoms with E-state index >= 15 is 0 Å². The Balaban J connectivity index is 1.67. The van der Waals surface area contributed by atoms with Gasteiger partial charge in [0, 0.05) is 13.1 Å². The number of pyridine rings is 1. The lowest BCUT2D eigenvalue weighted by molar-refractivity contribution is 0.102. The Morgan fingerprint density at radius 2 is 1.95 bits per heavy atom. The molecule has 2 aromatic heterocycles. The lowest BCUT2D eigenvalue weighted by atomic mass is 10.3. The third-order valence-corrected chi connectivity index (χ3v) is 3.50. The van der Waals surface area contributed by atoms with Gasteiger partial charge < -0.3 is 10.2 Å². The van der Waals surface area contributed by atoms with Crippen molar-refractivity contribution in [3.63, 3.8) is 0 Å². The van der Waals surface area contributed by atoms with Crippen LogP contribution in [0.2, 0.25) is 5.15 Å². The third kappa shape index (κ3) is 3.28. The molecule has 1 fully saturated rings. The summed E-state index contributed by atoms with van der Waals surface area (Å²) in [5.41, 5.74) is 0.836. The zero-order valence-corrected chi connectivity index (χ0v) is 12.0. The number of aromatic nitrogens is 3. The molecule has 1 aliphatic heterocycles. The van der Waals surface area contributed by atoms with Crippen LogP contribution >= 0.6 is 11.6 Å². The number of anilines is 2. The number of carbonyl (C=O) groups excluding carboxylic acids is 1. The topological polar surface area (TPSA) is 71.0 Å². The Labute approximate surface area is 127 Å². The van der Waals surface area contributed by atoms with Crippen LogP contribution in [0.5, 0.6) is 0 Å². The summed E-state index contributed by atoms with van der Waals surface area (Å²) in [4.78, 5) is 18.6. The molecule has 1 amide bonds. The van der Waals surface area contributed by atoms with Gasteiger partial charge in [-0.05, 0) is 37.1 Å². The zero-order valence-electron chi connectivity index (χ0n) is 11.3. The Kier molecular flexibility index (Phi) is 3.96. The number of hydrogen-bond donors (Lipinski definition) is 1. The summed E-state index contributed by atoms with van der Waals surface area (Å²) in [6.45, 7) is 2.08. The molecule has 21 heavy (non-hydrogen) atoms. The fourth-order valence-corrected chi connectivity index (χ4v) is 2.33. The summed E-state index contributed by atoms with van der Waals surface area (Å²) in [7, 11) is 0. The first-order valence-electron chi connectivity index (χ1n) is 6.74. The van der Waals surface area contributed by atoms with Gasteiger partial charge in [-0.1, -0.05) is 11.6 Å². The van der Waals surface area contributed by atoms with E-state index in [2.05, 4.69) is 25.4 Å². The smallest absolute Gasteiger partial charge is 0.276 e.